The molecule has 3 aromatic carbocycles. The third-order valence-electron chi connectivity index (χ3n) is 5.39. The van der Waals surface area contributed by atoms with Gasteiger partial charge in [-0.2, -0.15) is 0 Å². The van der Waals surface area contributed by atoms with Crippen molar-refractivity contribution in [3.63, 3.8) is 0 Å². The molecule has 1 N–H and O–H groups in total. The molecule has 0 aliphatic carbocycles. The molecule has 0 bridgehead atoms. The second kappa shape index (κ2) is 11.6. The Morgan fingerprint density at radius 1 is 0.941 bits per heavy atom. The van der Waals surface area contributed by atoms with Crippen molar-refractivity contribution in [2.45, 2.75) is 37.9 Å². The molecular weight excluding hydrogens is 447 g/mol. The van der Waals surface area contributed by atoms with Crippen molar-refractivity contribution in [1.82, 2.24) is 20.1 Å². The molecule has 0 fully saturated rings. The average Bonchev–Trinajstić information content (AvgIpc) is 3.28. The van der Waals surface area contributed by atoms with Gasteiger partial charge >= 0.3 is 0 Å². The molecule has 0 aliphatic rings. The number of hydrogen-bond donors (Lipinski definition) is 1. The Hall–Kier alpha value is -3.45. The van der Waals surface area contributed by atoms with Crippen LogP contribution in [0.5, 0.6) is 0 Å². The fraction of sp³-hybridized carbons (Fsp3) is 0.222. The maximum absolute atomic E-state index is 13.0. The number of carbonyl (C=O) groups is 1. The number of aryl methyl sites for hydroxylation is 1. The van der Waals surface area contributed by atoms with Gasteiger partial charge in [-0.3, -0.25) is 9.36 Å². The van der Waals surface area contributed by atoms with Gasteiger partial charge in [0.05, 0.1) is 0 Å². The van der Waals surface area contributed by atoms with Gasteiger partial charge in [0.25, 0.3) is 0 Å². The molecular formula is C27H27FN4OS. The fourth-order valence-corrected chi connectivity index (χ4v) is 4.46. The number of benzene rings is 3. The molecule has 1 amide bonds. The van der Waals surface area contributed by atoms with E-state index < -0.39 is 0 Å². The zero-order valence-corrected chi connectivity index (χ0v) is 19.9. The molecule has 5 nitrogen and oxygen atoms in total. The Balaban J connectivity index is 1.32. The molecule has 174 valence electrons. The second-order valence-electron chi connectivity index (χ2n) is 8.05. The van der Waals surface area contributed by atoms with E-state index in [1.165, 1.54) is 17.7 Å². The molecule has 0 saturated heterocycles. The van der Waals surface area contributed by atoms with Gasteiger partial charge in [-0.05, 0) is 49.6 Å². The minimum atomic E-state index is -0.276. The van der Waals surface area contributed by atoms with E-state index in [0.29, 0.717) is 13.0 Å². The van der Waals surface area contributed by atoms with Crippen LogP contribution in [0.15, 0.2) is 84.0 Å². The Kier molecular flexibility index (Phi) is 8.09. The van der Waals surface area contributed by atoms with Crippen LogP contribution < -0.4 is 5.32 Å². The SMILES string of the molecule is Cc1ccc(-c2nnc(SCCCCC(=O)NCc3ccc(F)cc3)n2-c2ccccc2)cc1. The number of amides is 1. The van der Waals surface area contributed by atoms with E-state index in [4.69, 9.17) is 0 Å². The lowest BCUT2D eigenvalue weighted by atomic mass is 10.1. The number of nitrogens with one attached hydrogen (secondary N) is 1. The zero-order valence-electron chi connectivity index (χ0n) is 19.1. The number of carbonyl (C=O) groups excluding carboxylic acids is 1. The first-order valence-electron chi connectivity index (χ1n) is 11.3. The zero-order chi connectivity index (χ0) is 23.8. The van der Waals surface area contributed by atoms with Crippen molar-refractivity contribution >= 4 is 17.7 Å². The largest absolute Gasteiger partial charge is 0.352 e. The van der Waals surface area contributed by atoms with Gasteiger partial charge in [0, 0.05) is 30.0 Å². The summed E-state index contributed by atoms with van der Waals surface area (Å²) >= 11 is 1.65. The summed E-state index contributed by atoms with van der Waals surface area (Å²) in [5.74, 6) is 1.38. The minimum Gasteiger partial charge on any atom is -0.352 e. The van der Waals surface area contributed by atoms with E-state index in [1.807, 2.05) is 18.2 Å². The smallest absolute Gasteiger partial charge is 0.220 e. The van der Waals surface area contributed by atoms with Crippen LogP contribution in [0, 0.1) is 12.7 Å². The first-order chi connectivity index (χ1) is 16.6. The van der Waals surface area contributed by atoms with E-state index in [1.54, 1.807) is 23.9 Å². The van der Waals surface area contributed by atoms with Crippen LogP contribution in [0.25, 0.3) is 17.1 Å². The van der Waals surface area contributed by atoms with Crippen molar-refractivity contribution in [2.75, 3.05) is 5.75 Å². The van der Waals surface area contributed by atoms with Gasteiger partial charge in [0.1, 0.15) is 5.82 Å². The minimum absolute atomic E-state index is 0.00318. The van der Waals surface area contributed by atoms with Crippen molar-refractivity contribution in [2.24, 2.45) is 0 Å². The second-order valence-corrected chi connectivity index (χ2v) is 9.11. The summed E-state index contributed by atoms with van der Waals surface area (Å²) < 4.78 is 15.1. The molecule has 34 heavy (non-hydrogen) atoms. The highest BCUT2D eigenvalue weighted by molar-refractivity contribution is 7.99. The van der Waals surface area contributed by atoms with E-state index >= 15 is 0 Å². The highest BCUT2D eigenvalue weighted by Gasteiger charge is 2.16. The molecule has 0 atom stereocenters. The van der Waals surface area contributed by atoms with Gasteiger partial charge in [0.2, 0.25) is 5.91 Å². The number of rotatable bonds is 10. The van der Waals surface area contributed by atoms with Crippen LogP contribution in [0.2, 0.25) is 0 Å². The summed E-state index contributed by atoms with van der Waals surface area (Å²) in [5.41, 5.74) is 4.12. The molecule has 4 rings (SSSR count). The third kappa shape index (κ3) is 6.32. The number of aromatic nitrogens is 3. The molecule has 0 aliphatic heterocycles. The van der Waals surface area contributed by atoms with Gasteiger partial charge < -0.3 is 5.32 Å². The summed E-state index contributed by atoms with van der Waals surface area (Å²) in [4.78, 5) is 12.1. The molecule has 0 unspecified atom stereocenters. The predicted octanol–water partition coefficient (Wildman–Crippen LogP) is 5.96. The maximum Gasteiger partial charge on any atom is 0.220 e. The van der Waals surface area contributed by atoms with Crippen LogP contribution in [-0.4, -0.2) is 26.4 Å². The lowest BCUT2D eigenvalue weighted by Gasteiger charge is -2.10. The van der Waals surface area contributed by atoms with E-state index in [9.17, 15) is 9.18 Å². The highest BCUT2D eigenvalue weighted by atomic mass is 32.2. The molecule has 0 radical (unpaired) electrons. The molecule has 7 heteroatoms. The van der Waals surface area contributed by atoms with Crippen LogP contribution in [0.4, 0.5) is 4.39 Å². The van der Waals surface area contributed by atoms with Crippen molar-refractivity contribution < 1.29 is 9.18 Å². The summed E-state index contributed by atoms with van der Waals surface area (Å²) in [6.45, 7) is 2.48. The number of halogens is 1. The topological polar surface area (TPSA) is 59.8 Å². The summed E-state index contributed by atoms with van der Waals surface area (Å²) in [7, 11) is 0. The Bertz CT molecular complexity index is 1210. The molecule has 1 aromatic heterocycles. The maximum atomic E-state index is 13.0. The van der Waals surface area contributed by atoms with Crippen LogP contribution >= 0.6 is 11.8 Å². The average molecular weight is 475 g/mol. The Morgan fingerprint density at radius 3 is 2.41 bits per heavy atom. The predicted molar refractivity (Wildman–Crippen MR) is 134 cm³/mol. The Labute approximate surface area is 203 Å². The van der Waals surface area contributed by atoms with Crippen molar-refractivity contribution in [3.8, 4) is 17.1 Å². The first-order valence-corrected chi connectivity index (χ1v) is 12.3. The molecule has 0 spiro atoms. The number of unbranched alkanes of at least 4 members (excludes halogenated alkanes) is 1. The Morgan fingerprint density at radius 2 is 1.68 bits per heavy atom. The van der Waals surface area contributed by atoms with E-state index in [-0.39, 0.29) is 11.7 Å². The van der Waals surface area contributed by atoms with Gasteiger partial charge in [-0.15, -0.1) is 10.2 Å². The van der Waals surface area contributed by atoms with Crippen molar-refractivity contribution in [3.05, 3.63) is 95.8 Å². The van der Waals surface area contributed by atoms with Gasteiger partial charge in [-0.1, -0.05) is 71.9 Å². The fourth-order valence-electron chi connectivity index (χ4n) is 3.51. The van der Waals surface area contributed by atoms with Crippen molar-refractivity contribution in [1.29, 1.82) is 0 Å². The van der Waals surface area contributed by atoms with Gasteiger partial charge in [-0.25, -0.2) is 4.39 Å². The highest BCUT2D eigenvalue weighted by Crippen LogP contribution is 2.28. The normalized spacial score (nSPS) is 10.9. The standard InChI is InChI=1S/C27H27FN4OS/c1-20-10-14-22(15-11-20)26-30-31-27(32(26)24-7-3-2-4-8-24)34-18-6-5-9-25(33)29-19-21-12-16-23(28)17-13-21/h2-4,7-8,10-17H,5-6,9,18-19H2,1H3,(H,29,33). The van der Waals surface area contributed by atoms with Crippen LogP contribution in [-0.2, 0) is 11.3 Å². The number of para-hydroxylation sites is 1. The van der Waals surface area contributed by atoms with Crippen LogP contribution in [0.3, 0.4) is 0 Å². The van der Waals surface area contributed by atoms with Crippen LogP contribution in [0.1, 0.15) is 30.4 Å². The summed E-state index contributed by atoms with van der Waals surface area (Å²) in [6.07, 6.45) is 2.13. The number of nitrogens with zero attached hydrogens (tertiary/aromatic N) is 3. The lowest BCUT2D eigenvalue weighted by molar-refractivity contribution is -0.121. The monoisotopic (exact) mass is 474 g/mol. The van der Waals surface area contributed by atoms with E-state index in [0.717, 1.165) is 46.4 Å². The van der Waals surface area contributed by atoms with E-state index in [2.05, 4.69) is 63.4 Å². The summed E-state index contributed by atoms with van der Waals surface area (Å²) in [6, 6.07) is 24.6. The summed E-state index contributed by atoms with van der Waals surface area (Å²) in [5, 5.41) is 12.7. The number of hydrogen-bond acceptors (Lipinski definition) is 4. The molecule has 1 heterocycles. The molecule has 4 aromatic rings. The lowest BCUT2D eigenvalue weighted by Crippen LogP contribution is -2.22. The van der Waals surface area contributed by atoms with Gasteiger partial charge in [0.15, 0.2) is 11.0 Å². The first kappa shape index (κ1) is 23.7. The third-order valence-corrected chi connectivity index (χ3v) is 6.41. The quantitative estimate of drug-likeness (QED) is 0.228. The number of thioether (sulfide) groups is 1. The molecule has 0 saturated carbocycles.